The minimum Gasteiger partial charge on any atom is -0.498 e. The maximum atomic E-state index is 10.2. The van der Waals surface area contributed by atoms with Gasteiger partial charge in [-0.3, -0.25) is 0 Å². The van der Waals surface area contributed by atoms with Crippen molar-refractivity contribution in [1.29, 1.82) is 0 Å². The third-order valence-corrected chi connectivity index (χ3v) is 1.03. The van der Waals surface area contributed by atoms with Crippen LogP contribution >= 0.6 is 0 Å². The van der Waals surface area contributed by atoms with Crippen LogP contribution in [0.5, 0.6) is 0 Å². The molecule has 0 spiro atoms. The third kappa shape index (κ3) is 5.34. The SMILES string of the molecule is C=COCCOC=C(C)C(=O)O. The summed E-state index contributed by atoms with van der Waals surface area (Å²) in [6, 6.07) is 0. The molecule has 1 N–H and O–H groups in total. The van der Waals surface area contributed by atoms with Gasteiger partial charge in [0, 0.05) is 0 Å². The zero-order chi connectivity index (χ0) is 9.40. The molecule has 0 saturated carbocycles. The molecule has 0 aliphatic rings. The van der Waals surface area contributed by atoms with Gasteiger partial charge in [-0.1, -0.05) is 6.58 Å². The molecule has 0 fully saturated rings. The minimum atomic E-state index is -0.986. The number of rotatable bonds is 6. The van der Waals surface area contributed by atoms with Crippen molar-refractivity contribution in [1.82, 2.24) is 0 Å². The molecule has 0 bridgehead atoms. The molecule has 0 aliphatic carbocycles. The van der Waals surface area contributed by atoms with Gasteiger partial charge in [0.15, 0.2) is 0 Å². The minimum absolute atomic E-state index is 0.161. The lowest BCUT2D eigenvalue weighted by Gasteiger charge is -2.00. The van der Waals surface area contributed by atoms with Gasteiger partial charge in [0.2, 0.25) is 0 Å². The fourth-order valence-electron chi connectivity index (χ4n) is 0.414. The van der Waals surface area contributed by atoms with Crippen LogP contribution in [-0.2, 0) is 14.3 Å². The molecule has 0 amide bonds. The Kier molecular flexibility index (Phi) is 5.51. The predicted molar refractivity (Wildman–Crippen MR) is 43.5 cm³/mol. The van der Waals surface area contributed by atoms with Crippen LogP contribution in [0.2, 0.25) is 0 Å². The van der Waals surface area contributed by atoms with E-state index in [0.717, 1.165) is 0 Å². The van der Waals surface area contributed by atoms with Crippen LogP contribution in [0.1, 0.15) is 6.92 Å². The second-order valence-corrected chi connectivity index (χ2v) is 2.01. The molecule has 12 heavy (non-hydrogen) atoms. The van der Waals surface area contributed by atoms with Crippen molar-refractivity contribution in [2.75, 3.05) is 13.2 Å². The molecule has 4 nitrogen and oxygen atoms in total. The maximum absolute atomic E-state index is 10.2. The smallest absolute Gasteiger partial charge is 0.334 e. The van der Waals surface area contributed by atoms with Crippen LogP contribution in [0.3, 0.4) is 0 Å². The summed E-state index contributed by atoms with van der Waals surface area (Å²) in [7, 11) is 0. The Hall–Kier alpha value is -1.45. The van der Waals surface area contributed by atoms with Crippen LogP contribution in [0, 0.1) is 0 Å². The van der Waals surface area contributed by atoms with E-state index < -0.39 is 5.97 Å². The van der Waals surface area contributed by atoms with Crippen LogP contribution in [-0.4, -0.2) is 24.3 Å². The van der Waals surface area contributed by atoms with Gasteiger partial charge in [0.25, 0.3) is 0 Å². The summed E-state index contributed by atoms with van der Waals surface area (Å²) in [5.74, 6) is -0.986. The highest BCUT2D eigenvalue weighted by atomic mass is 16.5. The highest BCUT2D eigenvalue weighted by Crippen LogP contribution is 1.92. The van der Waals surface area contributed by atoms with E-state index in [1.165, 1.54) is 19.4 Å². The Morgan fingerprint density at radius 1 is 1.50 bits per heavy atom. The van der Waals surface area contributed by atoms with E-state index in [4.69, 9.17) is 14.6 Å². The van der Waals surface area contributed by atoms with E-state index in [9.17, 15) is 4.79 Å². The van der Waals surface area contributed by atoms with Crippen molar-refractivity contribution >= 4 is 5.97 Å². The predicted octanol–water partition coefficient (Wildman–Crippen LogP) is 1.15. The third-order valence-electron chi connectivity index (χ3n) is 1.03. The summed E-state index contributed by atoms with van der Waals surface area (Å²) in [4.78, 5) is 10.2. The van der Waals surface area contributed by atoms with Crippen molar-refractivity contribution in [3.63, 3.8) is 0 Å². The van der Waals surface area contributed by atoms with Gasteiger partial charge in [-0.05, 0) is 6.92 Å². The molecule has 0 aromatic heterocycles. The van der Waals surface area contributed by atoms with E-state index in [1.54, 1.807) is 0 Å². The van der Waals surface area contributed by atoms with Gasteiger partial charge in [-0.15, -0.1) is 0 Å². The summed E-state index contributed by atoms with van der Waals surface area (Å²) >= 11 is 0. The van der Waals surface area contributed by atoms with E-state index in [0.29, 0.717) is 13.2 Å². The second kappa shape index (κ2) is 6.27. The standard InChI is InChI=1S/C8H12O4/c1-3-11-4-5-12-6-7(2)8(9)10/h3,6H,1,4-5H2,2H3,(H,9,10). The average Bonchev–Trinajstić information content (AvgIpc) is 2.03. The molecule has 68 valence electrons. The number of hydrogen-bond donors (Lipinski definition) is 1. The summed E-state index contributed by atoms with van der Waals surface area (Å²) < 4.78 is 9.58. The highest BCUT2D eigenvalue weighted by Gasteiger charge is 1.98. The van der Waals surface area contributed by atoms with Crippen LogP contribution in [0.15, 0.2) is 24.7 Å². The number of hydrogen-bond acceptors (Lipinski definition) is 3. The Balaban J connectivity index is 3.46. The Labute approximate surface area is 71.1 Å². The Bertz CT molecular complexity index is 183. The topological polar surface area (TPSA) is 55.8 Å². The number of ether oxygens (including phenoxy) is 2. The van der Waals surface area contributed by atoms with Gasteiger partial charge in [0.05, 0.1) is 18.1 Å². The van der Waals surface area contributed by atoms with Gasteiger partial charge < -0.3 is 14.6 Å². The summed E-state index contributed by atoms with van der Waals surface area (Å²) in [6.45, 7) is 5.47. The van der Waals surface area contributed by atoms with E-state index in [1.807, 2.05) is 0 Å². The molecular weight excluding hydrogens is 160 g/mol. The molecule has 4 heteroatoms. The molecule has 0 aromatic rings. The normalized spacial score (nSPS) is 10.6. The van der Waals surface area contributed by atoms with Crippen molar-refractivity contribution < 1.29 is 19.4 Å². The number of aliphatic carboxylic acids is 1. The molecule has 0 atom stereocenters. The molecule has 0 radical (unpaired) electrons. The maximum Gasteiger partial charge on any atom is 0.334 e. The second-order valence-electron chi connectivity index (χ2n) is 2.01. The quantitative estimate of drug-likeness (QED) is 0.371. The van der Waals surface area contributed by atoms with Crippen molar-refractivity contribution in [2.24, 2.45) is 0 Å². The zero-order valence-electron chi connectivity index (χ0n) is 6.95. The fourth-order valence-corrected chi connectivity index (χ4v) is 0.414. The largest absolute Gasteiger partial charge is 0.498 e. The highest BCUT2D eigenvalue weighted by molar-refractivity contribution is 5.85. The molecule has 0 aliphatic heterocycles. The fraction of sp³-hybridized carbons (Fsp3) is 0.375. The lowest BCUT2D eigenvalue weighted by atomic mass is 10.3. The van der Waals surface area contributed by atoms with Gasteiger partial charge in [-0.2, -0.15) is 0 Å². The van der Waals surface area contributed by atoms with Crippen LogP contribution in [0.4, 0.5) is 0 Å². The first-order valence-corrected chi connectivity index (χ1v) is 3.42. The van der Waals surface area contributed by atoms with E-state index in [-0.39, 0.29) is 5.57 Å². The zero-order valence-corrected chi connectivity index (χ0v) is 6.95. The van der Waals surface area contributed by atoms with E-state index >= 15 is 0 Å². The number of carboxylic acids is 1. The Morgan fingerprint density at radius 2 is 2.08 bits per heavy atom. The van der Waals surface area contributed by atoms with Crippen molar-refractivity contribution in [3.05, 3.63) is 24.7 Å². The van der Waals surface area contributed by atoms with Crippen molar-refractivity contribution in [3.8, 4) is 0 Å². The molecule has 0 rings (SSSR count). The Morgan fingerprint density at radius 3 is 2.58 bits per heavy atom. The molecule has 0 unspecified atom stereocenters. The van der Waals surface area contributed by atoms with Gasteiger partial charge in [-0.25, -0.2) is 4.79 Å². The molecule has 0 aromatic carbocycles. The summed E-state index contributed by atoms with van der Waals surface area (Å²) in [5, 5.41) is 8.39. The monoisotopic (exact) mass is 172 g/mol. The first kappa shape index (κ1) is 10.6. The first-order chi connectivity index (χ1) is 5.68. The summed E-state index contributed by atoms with van der Waals surface area (Å²) in [5.41, 5.74) is 0.161. The first-order valence-electron chi connectivity index (χ1n) is 3.42. The molecule has 0 heterocycles. The van der Waals surface area contributed by atoms with Crippen LogP contribution in [0.25, 0.3) is 0 Å². The lowest BCUT2D eigenvalue weighted by Crippen LogP contribution is -2.00. The van der Waals surface area contributed by atoms with Gasteiger partial charge >= 0.3 is 5.97 Å². The molecule has 0 saturated heterocycles. The number of carbonyl (C=O) groups is 1. The van der Waals surface area contributed by atoms with Crippen molar-refractivity contribution in [2.45, 2.75) is 6.92 Å². The van der Waals surface area contributed by atoms with E-state index in [2.05, 4.69) is 6.58 Å². The lowest BCUT2D eigenvalue weighted by molar-refractivity contribution is -0.132. The summed E-state index contributed by atoms with van der Waals surface area (Å²) in [6.07, 6.45) is 2.49. The number of carboxylic acid groups (broad SMARTS) is 1. The van der Waals surface area contributed by atoms with Gasteiger partial charge in [0.1, 0.15) is 13.2 Å². The van der Waals surface area contributed by atoms with Crippen LogP contribution < -0.4 is 0 Å². The average molecular weight is 172 g/mol. The molecular formula is C8H12O4.